The van der Waals surface area contributed by atoms with Gasteiger partial charge in [0.05, 0.1) is 12.2 Å². The summed E-state index contributed by atoms with van der Waals surface area (Å²) < 4.78 is 3.46. The number of aryl methyl sites for hydroxylation is 2. The Morgan fingerprint density at radius 2 is 1.89 bits per heavy atom. The van der Waals surface area contributed by atoms with Crippen LogP contribution in [0.15, 0.2) is 35.4 Å². The van der Waals surface area contributed by atoms with E-state index in [9.17, 15) is 4.79 Å². The van der Waals surface area contributed by atoms with Gasteiger partial charge in [0, 0.05) is 51.2 Å². The van der Waals surface area contributed by atoms with E-state index in [1.54, 1.807) is 16.9 Å². The molecule has 1 aliphatic carbocycles. The molecular weight excluding hydrogens is 342 g/mol. The normalized spacial score (nSPS) is 17.6. The zero-order chi connectivity index (χ0) is 18.2. The van der Waals surface area contributed by atoms with Crippen molar-refractivity contribution in [2.24, 2.45) is 0 Å². The lowest BCUT2D eigenvalue weighted by molar-refractivity contribution is 0.242. The van der Waals surface area contributed by atoms with Crippen LogP contribution in [-0.4, -0.2) is 62.0 Å². The molecule has 8 nitrogen and oxygen atoms in total. The fourth-order valence-electron chi connectivity index (χ4n) is 4.01. The predicted molar refractivity (Wildman–Crippen MR) is 102 cm³/mol. The third-order valence-corrected chi connectivity index (χ3v) is 5.59. The van der Waals surface area contributed by atoms with Crippen LogP contribution in [0.25, 0.3) is 5.65 Å². The Bertz CT molecular complexity index is 1020. The number of anilines is 1. The highest BCUT2D eigenvalue weighted by molar-refractivity contribution is 5.46. The lowest BCUT2D eigenvalue weighted by Crippen LogP contribution is -2.48. The SMILES string of the molecule is O=c1cc2c(nn1CCN1CCN(c3ccc4nccn4n3)CC1)CCC2. The molecule has 0 saturated carbocycles. The minimum absolute atomic E-state index is 0.0344. The van der Waals surface area contributed by atoms with E-state index in [-0.39, 0.29) is 5.56 Å². The Kier molecular flexibility index (Phi) is 4.12. The first-order valence-corrected chi connectivity index (χ1v) is 9.64. The summed E-state index contributed by atoms with van der Waals surface area (Å²) >= 11 is 0. The van der Waals surface area contributed by atoms with Crippen molar-refractivity contribution >= 4 is 11.5 Å². The molecule has 3 aromatic rings. The maximum absolute atomic E-state index is 12.2. The largest absolute Gasteiger partial charge is 0.353 e. The van der Waals surface area contributed by atoms with Crippen LogP contribution < -0.4 is 10.5 Å². The third-order valence-electron chi connectivity index (χ3n) is 5.59. The van der Waals surface area contributed by atoms with Crippen LogP contribution >= 0.6 is 0 Å². The number of hydrogen-bond donors (Lipinski definition) is 0. The Labute approximate surface area is 157 Å². The van der Waals surface area contributed by atoms with E-state index in [0.717, 1.165) is 74.7 Å². The first-order valence-electron chi connectivity index (χ1n) is 9.64. The molecule has 140 valence electrons. The molecule has 0 bridgehead atoms. The summed E-state index contributed by atoms with van der Waals surface area (Å²) in [5, 5.41) is 9.20. The van der Waals surface area contributed by atoms with Gasteiger partial charge < -0.3 is 4.90 Å². The van der Waals surface area contributed by atoms with Crippen LogP contribution in [0.1, 0.15) is 17.7 Å². The third kappa shape index (κ3) is 3.21. The molecule has 0 atom stereocenters. The van der Waals surface area contributed by atoms with Crippen LogP contribution in [0.3, 0.4) is 0 Å². The van der Waals surface area contributed by atoms with Crippen molar-refractivity contribution in [3.8, 4) is 0 Å². The fourth-order valence-corrected chi connectivity index (χ4v) is 4.01. The molecule has 0 N–H and O–H groups in total. The van der Waals surface area contributed by atoms with Crippen LogP contribution in [0, 0.1) is 0 Å². The van der Waals surface area contributed by atoms with E-state index in [0.29, 0.717) is 6.54 Å². The quantitative estimate of drug-likeness (QED) is 0.674. The molecule has 1 saturated heterocycles. The van der Waals surface area contributed by atoms with E-state index in [1.165, 1.54) is 0 Å². The standard InChI is InChI=1S/C19H23N7O/c27-19-14-15-2-1-3-16(15)21-26(19)13-10-23-8-11-24(12-9-23)18-5-4-17-20-6-7-25(17)22-18/h4-7,14H,1-3,8-13H2. The van der Waals surface area contributed by atoms with Gasteiger partial charge in [-0.05, 0) is 37.0 Å². The Hall–Kier alpha value is -2.74. The van der Waals surface area contributed by atoms with E-state index in [4.69, 9.17) is 0 Å². The minimum atomic E-state index is 0.0344. The van der Waals surface area contributed by atoms with Crippen molar-refractivity contribution in [1.29, 1.82) is 0 Å². The second-order valence-corrected chi connectivity index (χ2v) is 7.28. The smallest absolute Gasteiger partial charge is 0.267 e. The molecule has 1 aliphatic heterocycles. The van der Waals surface area contributed by atoms with Crippen LogP contribution in [-0.2, 0) is 19.4 Å². The number of imidazole rings is 1. The Morgan fingerprint density at radius 3 is 2.78 bits per heavy atom. The first-order chi connectivity index (χ1) is 13.3. The lowest BCUT2D eigenvalue weighted by Gasteiger charge is -2.35. The van der Waals surface area contributed by atoms with Gasteiger partial charge in [-0.25, -0.2) is 14.2 Å². The summed E-state index contributed by atoms with van der Waals surface area (Å²) in [5.41, 5.74) is 3.16. The van der Waals surface area contributed by atoms with E-state index >= 15 is 0 Å². The average molecular weight is 365 g/mol. The van der Waals surface area contributed by atoms with Gasteiger partial charge in [-0.15, -0.1) is 5.10 Å². The zero-order valence-corrected chi connectivity index (χ0v) is 15.3. The highest BCUT2D eigenvalue weighted by Gasteiger charge is 2.19. The van der Waals surface area contributed by atoms with Crippen LogP contribution in [0.2, 0.25) is 0 Å². The molecule has 2 aliphatic rings. The van der Waals surface area contributed by atoms with Crippen molar-refractivity contribution in [3.05, 3.63) is 52.2 Å². The van der Waals surface area contributed by atoms with E-state index in [2.05, 4.69) is 25.0 Å². The summed E-state index contributed by atoms with van der Waals surface area (Å²) in [6.45, 7) is 5.30. The second kappa shape index (κ2) is 6.77. The molecule has 1 fully saturated rings. The van der Waals surface area contributed by atoms with Crippen molar-refractivity contribution in [3.63, 3.8) is 0 Å². The molecule has 0 spiro atoms. The maximum atomic E-state index is 12.2. The highest BCUT2D eigenvalue weighted by atomic mass is 16.1. The first kappa shape index (κ1) is 16.4. The Balaban J connectivity index is 1.19. The monoisotopic (exact) mass is 365 g/mol. The van der Waals surface area contributed by atoms with Crippen molar-refractivity contribution in [2.75, 3.05) is 37.6 Å². The van der Waals surface area contributed by atoms with Gasteiger partial charge in [0.2, 0.25) is 0 Å². The highest BCUT2D eigenvalue weighted by Crippen LogP contribution is 2.17. The lowest BCUT2D eigenvalue weighted by atomic mass is 10.2. The number of aromatic nitrogens is 5. The van der Waals surface area contributed by atoms with Gasteiger partial charge in [-0.3, -0.25) is 9.69 Å². The van der Waals surface area contributed by atoms with Crippen LogP contribution in [0.4, 0.5) is 5.82 Å². The molecule has 8 heteroatoms. The van der Waals surface area contributed by atoms with Crippen LogP contribution in [0.5, 0.6) is 0 Å². The van der Waals surface area contributed by atoms with Gasteiger partial charge in [0.25, 0.3) is 5.56 Å². The maximum Gasteiger partial charge on any atom is 0.267 e. The van der Waals surface area contributed by atoms with Gasteiger partial charge in [0.1, 0.15) is 5.82 Å². The molecule has 0 amide bonds. The number of piperazine rings is 1. The molecule has 0 radical (unpaired) electrons. The topological polar surface area (TPSA) is 71.6 Å². The molecule has 5 rings (SSSR count). The summed E-state index contributed by atoms with van der Waals surface area (Å²) in [6.07, 6.45) is 6.75. The van der Waals surface area contributed by atoms with Gasteiger partial charge in [-0.1, -0.05) is 0 Å². The summed E-state index contributed by atoms with van der Waals surface area (Å²) in [4.78, 5) is 21.2. The number of fused-ring (bicyclic) bond motifs is 2. The van der Waals surface area contributed by atoms with Gasteiger partial charge in [0.15, 0.2) is 5.65 Å². The molecule has 0 unspecified atom stereocenters. The van der Waals surface area contributed by atoms with Gasteiger partial charge >= 0.3 is 0 Å². The summed E-state index contributed by atoms with van der Waals surface area (Å²) in [6, 6.07) is 5.82. The number of hydrogen-bond acceptors (Lipinski definition) is 6. The summed E-state index contributed by atoms with van der Waals surface area (Å²) in [5.74, 6) is 0.983. The predicted octanol–water partition coefficient (Wildman–Crippen LogP) is 0.597. The van der Waals surface area contributed by atoms with Crippen molar-refractivity contribution in [2.45, 2.75) is 25.8 Å². The molecular formula is C19H23N7O. The molecule has 3 aromatic heterocycles. The number of rotatable bonds is 4. The molecule has 4 heterocycles. The fraction of sp³-hybridized carbons (Fsp3) is 0.474. The minimum Gasteiger partial charge on any atom is -0.353 e. The van der Waals surface area contributed by atoms with Gasteiger partial charge in [-0.2, -0.15) is 5.10 Å². The van der Waals surface area contributed by atoms with E-state index < -0.39 is 0 Å². The zero-order valence-electron chi connectivity index (χ0n) is 15.3. The average Bonchev–Trinajstić information content (AvgIpc) is 3.34. The summed E-state index contributed by atoms with van der Waals surface area (Å²) in [7, 11) is 0. The van der Waals surface area contributed by atoms with Crippen molar-refractivity contribution < 1.29 is 0 Å². The second-order valence-electron chi connectivity index (χ2n) is 7.28. The Morgan fingerprint density at radius 1 is 1.00 bits per heavy atom. The molecule has 27 heavy (non-hydrogen) atoms. The van der Waals surface area contributed by atoms with Crippen molar-refractivity contribution in [1.82, 2.24) is 29.3 Å². The molecule has 0 aromatic carbocycles. The number of nitrogens with zero attached hydrogens (tertiary/aromatic N) is 7. The van der Waals surface area contributed by atoms with E-state index in [1.807, 2.05) is 22.8 Å².